The minimum Gasteiger partial charge on any atom is -0.456 e. The lowest BCUT2D eigenvalue weighted by molar-refractivity contribution is 0.669. The fourth-order valence-electron chi connectivity index (χ4n) is 9.46. The number of rotatable bonds is 7. The fraction of sp³-hybridized carbons (Fsp3) is 0. The van der Waals surface area contributed by atoms with E-state index in [1.54, 1.807) is 0 Å². The molecule has 3 heteroatoms. The summed E-state index contributed by atoms with van der Waals surface area (Å²) in [6.45, 7) is 0. The van der Waals surface area contributed by atoms with E-state index in [4.69, 9.17) is 4.42 Å². The lowest BCUT2D eigenvalue weighted by atomic mass is 9.95. The average Bonchev–Trinajstić information content (AvgIpc) is 3.89. The smallest absolute Gasteiger partial charge is 0.138 e. The van der Waals surface area contributed by atoms with Crippen LogP contribution in [-0.4, -0.2) is 4.57 Å². The Bertz CT molecular complexity index is 3570. The van der Waals surface area contributed by atoms with Gasteiger partial charge in [-0.05, 0) is 99.3 Å². The van der Waals surface area contributed by atoms with Gasteiger partial charge >= 0.3 is 0 Å². The molecule has 10 aromatic carbocycles. The van der Waals surface area contributed by atoms with Crippen LogP contribution in [0, 0.1) is 0 Å². The molecular weight excluding hydrogens is 741 g/mol. The Balaban J connectivity index is 1.20. The third-order valence-electron chi connectivity index (χ3n) is 12.2. The first-order valence-corrected chi connectivity index (χ1v) is 20.8. The molecule has 12 aromatic rings. The zero-order valence-corrected chi connectivity index (χ0v) is 33.2. The molecule has 286 valence electrons. The molecule has 2 aromatic heterocycles. The topological polar surface area (TPSA) is 21.3 Å². The number of hydrogen-bond donors (Lipinski definition) is 0. The van der Waals surface area contributed by atoms with Gasteiger partial charge < -0.3 is 13.9 Å². The molecule has 0 fully saturated rings. The highest BCUT2D eigenvalue weighted by Crippen LogP contribution is 2.50. The van der Waals surface area contributed by atoms with Crippen LogP contribution in [0.15, 0.2) is 235 Å². The molecule has 0 radical (unpaired) electrons. The van der Waals surface area contributed by atoms with E-state index in [9.17, 15) is 0 Å². The van der Waals surface area contributed by atoms with Gasteiger partial charge in [0.1, 0.15) is 11.2 Å². The Hall–Kier alpha value is -8.14. The number of aromatic nitrogens is 1. The van der Waals surface area contributed by atoms with Gasteiger partial charge in [0, 0.05) is 33.1 Å². The van der Waals surface area contributed by atoms with Gasteiger partial charge in [0.15, 0.2) is 0 Å². The Kier molecular flexibility index (Phi) is 8.17. The van der Waals surface area contributed by atoms with Crippen molar-refractivity contribution in [2.24, 2.45) is 0 Å². The Morgan fingerprint density at radius 3 is 1.77 bits per heavy atom. The van der Waals surface area contributed by atoms with Crippen LogP contribution in [0.5, 0.6) is 0 Å². The maximum absolute atomic E-state index is 7.02. The zero-order chi connectivity index (χ0) is 40.3. The predicted molar refractivity (Wildman–Crippen MR) is 257 cm³/mol. The second kappa shape index (κ2) is 14.3. The SMILES string of the molecule is c1ccc(-c2ccc(N(c3ccccc3-c3ccccc3)c3cc(-c4cccc5c4c4ccccc4n5-c4ccccc4)cc4oc5ccc6ccccc6c5c34)cc2)cc1. The number of fused-ring (bicyclic) bond motifs is 8. The first-order valence-electron chi connectivity index (χ1n) is 20.8. The molecule has 0 bridgehead atoms. The van der Waals surface area contributed by atoms with Crippen LogP contribution in [0.3, 0.4) is 0 Å². The molecule has 0 atom stereocenters. The summed E-state index contributed by atoms with van der Waals surface area (Å²) in [5.74, 6) is 0. The molecule has 0 aliphatic heterocycles. The molecule has 0 saturated carbocycles. The summed E-state index contributed by atoms with van der Waals surface area (Å²) in [7, 11) is 0. The lowest BCUT2D eigenvalue weighted by Crippen LogP contribution is -2.12. The lowest BCUT2D eigenvalue weighted by Gasteiger charge is -2.29. The van der Waals surface area contributed by atoms with E-state index >= 15 is 0 Å². The van der Waals surface area contributed by atoms with Crippen molar-refractivity contribution in [3.63, 3.8) is 0 Å². The van der Waals surface area contributed by atoms with Gasteiger partial charge in [0.25, 0.3) is 0 Å². The molecule has 0 aliphatic rings. The summed E-state index contributed by atoms with van der Waals surface area (Å²) in [5.41, 5.74) is 15.2. The number of benzene rings is 10. The maximum atomic E-state index is 7.02. The highest BCUT2D eigenvalue weighted by Gasteiger charge is 2.25. The summed E-state index contributed by atoms with van der Waals surface area (Å²) in [6.07, 6.45) is 0. The minimum absolute atomic E-state index is 0.839. The summed E-state index contributed by atoms with van der Waals surface area (Å²) < 4.78 is 9.41. The van der Waals surface area contributed by atoms with E-state index in [-0.39, 0.29) is 0 Å². The number of nitrogens with zero attached hydrogens (tertiary/aromatic N) is 2. The molecule has 0 N–H and O–H groups in total. The van der Waals surface area contributed by atoms with Crippen LogP contribution in [-0.2, 0) is 0 Å². The monoisotopic (exact) mass is 778 g/mol. The molecule has 61 heavy (non-hydrogen) atoms. The van der Waals surface area contributed by atoms with E-state index in [1.165, 1.54) is 32.8 Å². The molecule has 12 rings (SSSR count). The van der Waals surface area contributed by atoms with Crippen LogP contribution >= 0.6 is 0 Å². The number of para-hydroxylation sites is 3. The van der Waals surface area contributed by atoms with Gasteiger partial charge in [-0.1, -0.05) is 170 Å². The Morgan fingerprint density at radius 2 is 0.967 bits per heavy atom. The fourth-order valence-corrected chi connectivity index (χ4v) is 9.46. The number of anilines is 3. The summed E-state index contributed by atoms with van der Waals surface area (Å²) in [4.78, 5) is 2.45. The second-order valence-corrected chi connectivity index (χ2v) is 15.6. The van der Waals surface area contributed by atoms with E-state index in [2.05, 4.69) is 240 Å². The molecule has 0 aliphatic carbocycles. The summed E-state index contributed by atoms with van der Waals surface area (Å²) in [5, 5.41) is 6.93. The normalized spacial score (nSPS) is 11.6. The van der Waals surface area contributed by atoms with Crippen molar-refractivity contribution >= 4 is 71.6 Å². The Morgan fingerprint density at radius 1 is 0.344 bits per heavy atom. The molecule has 3 nitrogen and oxygen atoms in total. The largest absolute Gasteiger partial charge is 0.456 e. The van der Waals surface area contributed by atoms with Crippen LogP contribution < -0.4 is 4.90 Å². The molecule has 0 saturated heterocycles. The van der Waals surface area contributed by atoms with Gasteiger partial charge in [-0.3, -0.25) is 0 Å². The first-order chi connectivity index (χ1) is 30.3. The highest BCUT2D eigenvalue weighted by atomic mass is 16.3. The van der Waals surface area contributed by atoms with Gasteiger partial charge in [-0.15, -0.1) is 0 Å². The first kappa shape index (κ1) is 34.9. The Labute approximate surface area is 353 Å². The van der Waals surface area contributed by atoms with Crippen molar-refractivity contribution in [2.45, 2.75) is 0 Å². The number of furan rings is 1. The molecule has 2 heterocycles. The third-order valence-corrected chi connectivity index (χ3v) is 12.2. The summed E-state index contributed by atoms with van der Waals surface area (Å²) in [6, 6.07) is 82.8. The van der Waals surface area contributed by atoms with E-state index in [0.717, 1.165) is 77.8 Å². The van der Waals surface area contributed by atoms with E-state index in [0.29, 0.717) is 0 Å². The second-order valence-electron chi connectivity index (χ2n) is 15.6. The third kappa shape index (κ3) is 5.74. The number of hydrogen-bond acceptors (Lipinski definition) is 2. The van der Waals surface area contributed by atoms with Crippen molar-refractivity contribution in [1.82, 2.24) is 4.57 Å². The van der Waals surface area contributed by atoms with Gasteiger partial charge in [0.05, 0.1) is 27.8 Å². The van der Waals surface area contributed by atoms with Crippen LogP contribution in [0.2, 0.25) is 0 Å². The van der Waals surface area contributed by atoms with Crippen molar-refractivity contribution < 1.29 is 4.42 Å². The average molecular weight is 779 g/mol. The van der Waals surface area contributed by atoms with E-state index in [1.807, 2.05) is 0 Å². The van der Waals surface area contributed by atoms with Crippen LogP contribution in [0.1, 0.15) is 0 Å². The maximum Gasteiger partial charge on any atom is 0.138 e. The van der Waals surface area contributed by atoms with Crippen molar-refractivity contribution in [2.75, 3.05) is 4.90 Å². The quantitative estimate of drug-likeness (QED) is 0.161. The van der Waals surface area contributed by atoms with Crippen LogP contribution in [0.25, 0.3) is 93.6 Å². The molecular formula is C58H38N2O. The van der Waals surface area contributed by atoms with Crippen LogP contribution in [0.4, 0.5) is 17.1 Å². The van der Waals surface area contributed by atoms with Gasteiger partial charge in [-0.2, -0.15) is 0 Å². The summed E-state index contributed by atoms with van der Waals surface area (Å²) >= 11 is 0. The molecule has 0 amide bonds. The molecule has 0 spiro atoms. The molecule has 0 unspecified atom stereocenters. The standard InChI is InChI=1S/C58H38N2O/c1-4-17-39(18-5-1)40-31-34-45(35-32-40)60(50-28-14-12-24-46(50)41-19-6-2-7-20-41)53-37-43(38-55-58(53)57-47-25-11-10-21-42(47)33-36-54(57)61-55)48-27-16-30-52-56(48)49-26-13-15-29-51(49)59(52)44-22-8-3-9-23-44/h1-38H. The van der Waals surface area contributed by atoms with Gasteiger partial charge in [0.2, 0.25) is 0 Å². The van der Waals surface area contributed by atoms with Crippen molar-refractivity contribution in [3.8, 4) is 39.1 Å². The predicted octanol–water partition coefficient (Wildman–Crippen LogP) is 16.3. The van der Waals surface area contributed by atoms with E-state index < -0.39 is 0 Å². The van der Waals surface area contributed by atoms with Crippen molar-refractivity contribution in [3.05, 3.63) is 231 Å². The van der Waals surface area contributed by atoms with Gasteiger partial charge in [-0.25, -0.2) is 0 Å². The highest BCUT2D eigenvalue weighted by molar-refractivity contribution is 6.25. The zero-order valence-electron chi connectivity index (χ0n) is 33.2. The van der Waals surface area contributed by atoms with Crippen molar-refractivity contribution in [1.29, 1.82) is 0 Å². The minimum atomic E-state index is 0.839.